The van der Waals surface area contributed by atoms with Crippen molar-refractivity contribution in [3.63, 3.8) is 0 Å². The molecule has 3 nitrogen and oxygen atoms in total. The van der Waals surface area contributed by atoms with Gasteiger partial charge in [-0.2, -0.15) is 0 Å². The molecule has 2 atom stereocenters. The number of carbonyl (C=O) groups excluding carboxylic acids is 1. The number of hydrogen-bond donors (Lipinski definition) is 1. The second-order valence-corrected chi connectivity index (χ2v) is 7.96. The molecule has 5 heteroatoms. The molecule has 1 aromatic heterocycles. The monoisotopic (exact) mass is 446 g/mol. The lowest BCUT2D eigenvalue weighted by atomic mass is 9.81. The Kier molecular flexibility index (Phi) is 6.66. The Morgan fingerprint density at radius 3 is 2.03 bits per heavy atom. The maximum Gasteiger partial charge on any atom is 0.172 e. The van der Waals surface area contributed by atoms with Gasteiger partial charge in [0.05, 0.1) is 22.0 Å². The molecule has 1 N–H and O–H groups in total. The summed E-state index contributed by atoms with van der Waals surface area (Å²) in [6, 6.07) is 28.1. The molecule has 0 spiro atoms. The van der Waals surface area contributed by atoms with E-state index >= 15 is 0 Å². The molecule has 0 saturated carbocycles. The highest BCUT2D eigenvalue weighted by Gasteiger charge is 2.32. The van der Waals surface area contributed by atoms with Crippen molar-refractivity contribution in [3.8, 4) is 0 Å². The second-order valence-electron chi connectivity index (χ2n) is 7.15. The molecule has 0 saturated heterocycles. The minimum atomic E-state index is -0.484. The molecule has 31 heavy (non-hydrogen) atoms. The number of pyridine rings is 1. The Bertz CT molecular complexity index is 1150. The van der Waals surface area contributed by atoms with Gasteiger partial charge in [0, 0.05) is 23.6 Å². The number of anilines is 1. The van der Waals surface area contributed by atoms with E-state index in [0.717, 1.165) is 16.8 Å². The average molecular weight is 447 g/mol. The van der Waals surface area contributed by atoms with Crippen molar-refractivity contribution >= 4 is 34.7 Å². The lowest BCUT2D eigenvalue weighted by Gasteiger charge is -2.29. The van der Waals surface area contributed by atoms with Gasteiger partial charge in [0.15, 0.2) is 5.78 Å². The van der Waals surface area contributed by atoms with Crippen LogP contribution in [0.1, 0.15) is 33.4 Å². The first-order valence-corrected chi connectivity index (χ1v) is 10.6. The Balaban J connectivity index is 1.83. The molecule has 0 fully saturated rings. The van der Waals surface area contributed by atoms with Crippen LogP contribution in [0.15, 0.2) is 103 Å². The number of nitrogens with zero attached hydrogens (tertiary/aromatic N) is 1. The molecule has 1 heterocycles. The molecule has 0 aliphatic carbocycles. The summed E-state index contributed by atoms with van der Waals surface area (Å²) < 4.78 is 0. The highest BCUT2D eigenvalue weighted by molar-refractivity contribution is 6.42. The topological polar surface area (TPSA) is 42.0 Å². The SMILES string of the molecule is O=C(c1ccccc1)C(c1ccncc1)C(Nc1ccc(Cl)c(Cl)c1)c1ccccc1. The van der Waals surface area contributed by atoms with Gasteiger partial charge in [-0.25, -0.2) is 0 Å². The lowest BCUT2D eigenvalue weighted by molar-refractivity contribution is 0.0950. The number of hydrogen-bond acceptors (Lipinski definition) is 3. The number of ketones is 1. The Labute approximate surface area is 191 Å². The summed E-state index contributed by atoms with van der Waals surface area (Å²) in [6.45, 7) is 0. The zero-order valence-corrected chi connectivity index (χ0v) is 18.1. The van der Waals surface area contributed by atoms with E-state index in [9.17, 15) is 4.79 Å². The van der Waals surface area contributed by atoms with Crippen molar-refractivity contribution in [1.82, 2.24) is 4.98 Å². The molecule has 0 aliphatic rings. The molecule has 2 unspecified atom stereocenters. The second kappa shape index (κ2) is 9.78. The van der Waals surface area contributed by atoms with Crippen molar-refractivity contribution < 1.29 is 4.79 Å². The van der Waals surface area contributed by atoms with Crippen molar-refractivity contribution in [2.45, 2.75) is 12.0 Å². The fourth-order valence-corrected chi connectivity index (χ4v) is 3.93. The number of aromatic nitrogens is 1. The predicted molar refractivity (Wildman–Crippen MR) is 127 cm³/mol. The minimum Gasteiger partial charge on any atom is -0.377 e. The van der Waals surface area contributed by atoms with E-state index in [0.29, 0.717) is 15.6 Å². The minimum absolute atomic E-state index is 0.0215. The van der Waals surface area contributed by atoms with Crippen LogP contribution in [0, 0.1) is 0 Å². The summed E-state index contributed by atoms with van der Waals surface area (Å²) in [5, 5.41) is 4.46. The number of carbonyl (C=O) groups is 1. The van der Waals surface area contributed by atoms with Crippen LogP contribution in [0.3, 0.4) is 0 Å². The number of nitrogens with one attached hydrogen (secondary N) is 1. The van der Waals surface area contributed by atoms with E-state index in [2.05, 4.69) is 10.3 Å². The van der Waals surface area contributed by atoms with E-state index in [1.807, 2.05) is 78.9 Å². The molecule has 3 aromatic carbocycles. The summed E-state index contributed by atoms with van der Waals surface area (Å²) in [5.41, 5.74) is 3.30. The van der Waals surface area contributed by atoms with Crippen LogP contribution in [0.4, 0.5) is 5.69 Å². The van der Waals surface area contributed by atoms with E-state index < -0.39 is 5.92 Å². The number of benzene rings is 3. The van der Waals surface area contributed by atoms with Crippen LogP contribution >= 0.6 is 23.2 Å². The number of rotatable bonds is 7. The van der Waals surface area contributed by atoms with Gasteiger partial charge >= 0.3 is 0 Å². The van der Waals surface area contributed by atoms with E-state index in [-0.39, 0.29) is 11.8 Å². The van der Waals surface area contributed by atoms with Crippen LogP contribution in [0.5, 0.6) is 0 Å². The highest BCUT2D eigenvalue weighted by Crippen LogP contribution is 2.37. The van der Waals surface area contributed by atoms with Gasteiger partial charge in [-0.3, -0.25) is 9.78 Å². The first kappa shape index (κ1) is 21.1. The molecular weight excluding hydrogens is 427 g/mol. The average Bonchev–Trinajstić information content (AvgIpc) is 2.82. The quantitative estimate of drug-likeness (QED) is 0.305. The van der Waals surface area contributed by atoms with Crippen molar-refractivity contribution in [2.75, 3.05) is 5.32 Å². The Hall–Kier alpha value is -3.14. The summed E-state index contributed by atoms with van der Waals surface area (Å²) in [7, 11) is 0. The van der Waals surface area contributed by atoms with Crippen LogP contribution in [-0.4, -0.2) is 10.8 Å². The third-order valence-electron chi connectivity index (χ3n) is 5.14. The van der Waals surface area contributed by atoms with Gasteiger partial charge in [-0.15, -0.1) is 0 Å². The van der Waals surface area contributed by atoms with Crippen molar-refractivity contribution in [3.05, 3.63) is 130 Å². The van der Waals surface area contributed by atoms with Crippen LogP contribution in [0.2, 0.25) is 10.0 Å². The summed E-state index contributed by atoms with van der Waals surface area (Å²) in [5.74, 6) is -0.463. The molecule has 4 rings (SSSR count). The third-order valence-corrected chi connectivity index (χ3v) is 5.88. The van der Waals surface area contributed by atoms with Gasteiger partial charge in [0.2, 0.25) is 0 Å². The highest BCUT2D eigenvalue weighted by atomic mass is 35.5. The summed E-state index contributed by atoms with van der Waals surface area (Å²) in [4.78, 5) is 17.9. The predicted octanol–water partition coefficient (Wildman–Crippen LogP) is 7.21. The number of halogens is 2. The van der Waals surface area contributed by atoms with Gasteiger partial charge in [0.1, 0.15) is 0 Å². The maximum absolute atomic E-state index is 13.8. The standard InChI is InChI=1S/C26H20Cl2N2O/c27-22-12-11-21(17-23(22)28)30-25(19-7-3-1-4-8-19)24(18-13-15-29-16-14-18)26(31)20-9-5-2-6-10-20/h1-17,24-25,30H. The van der Waals surface area contributed by atoms with E-state index in [4.69, 9.17) is 23.2 Å². The largest absolute Gasteiger partial charge is 0.377 e. The molecule has 154 valence electrons. The van der Waals surface area contributed by atoms with Crippen LogP contribution < -0.4 is 5.32 Å². The van der Waals surface area contributed by atoms with Crippen LogP contribution in [-0.2, 0) is 0 Å². The summed E-state index contributed by atoms with van der Waals surface area (Å²) in [6.07, 6.45) is 3.42. The first-order chi connectivity index (χ1) is 15.1. The molecule has 0 amide bonds. The third kappa shape index (κ3) is 4.96. The maximum atomic E-state index is 13.8. The van der Waals surface area contributed by atoms with Crippen molar-refractivity contribution in [1.29, 1.82) is 0 Å². The normalized spacial score (nSPS) is 12.7. The zero-order chi connectivity index (χ0) is 21.6. The fourth-order valence-electron chi connectivity index (χ4n) is 3.63. The fraction of sp³-hybridized carbons (Fsp3) is 0.0769. The van der Waals surface area contributed by atoms with Gasteiger partial charge < -0.3 is 5.32 Å². The number of Topliss-reactive ketones (excluding diaryl/α,β-unsaturated/α-hetero) is 1. The van der Waals surface area contributed by atoms with E-state index in [1.54, 1.807) is 24.5 Å². The van der Waals surface area contributed by atoms with Crippen molar-refractivity contribution in [2.24, 2.45) is 0 Å². The van der Waals surface area contributed by atoms with Gasteiger partial charge in [-0.1, -0.05) is 83.9 Å². The van der Waals surface area contributed by atoms with Gasteiger partial charge in [0.25, 0.3) is 0 Å². The lowest BCUT2D eigenvalue weighted by Crippen LogP contribution is -2.26. The Morgan fingerprint density at radius 1 is 0.742 bits per heavy atom. The van der Waals surface area contributed by atoms with E-state index in [1.165, 1.54) is 0 Å². The molecule has 0 radical (unpaired) electrons. The molecular formula is C26H20Cl2N2O. The summed E-state index contributed by atoms with van der Waals surface area (Å²) >= 11 is 12.4. The van der Waals surface area contributed by atoms with Gasteiger partial charge in [-0.05, 0) is 41.5 Å². The smallest absolute Gasteiger partial charge is 0.172 e. The first-order valence-electron chi connectivity index (χ1n) is 9.89. The molecule has 0 aliphatic heterocycles. The zero-order valence-electron chi connectivity index (χ0n) is 16.6. The van der Waals surface area contributed by atoms with Crippen LogP contribution in [0.25, 0.3) is 0 Å². The molecule has 0 bridgehead atoms. The Morgan fingerprint density at radius 2 is 1.39 bits per heavy atom. The molecule has 4 aromatic rings.